The van der Waals surface area contributed by atoms with Crippen LogP contribution in [0.15, 0.2) is 30.5 Å². The molecule has 160 valence electrons. The van der Waals surface area contributed by atoms with Gasteiger partial charge < -0.3 is 19.6 Å². The predicted octanol–water partition coefficient (Wildman–Crippen LogP) is 4.01. The molecule has 1 saturated carbocycles. The summed E-state index contributed by atoms with van der Waals surface area (Å²) in [4.78, 5) is 4.88. The monoisotopic (exact) mass is 399 g/mol. The lowest BCUT2D eigenvalue weighted by Gasteiger charge is -2.39. The molecule has 4 rings (SSSR count). The molecule has 0 spiro atoms. The first-order chi connectivity index (χ1) is 14.1. The number of fused-ring (bicyclic) bond motifs is 1. The van der Waals surface area contributed by atoms with Gasteiger partial charge >= 0.3 is 0 Å². The Bertz CT molecular complexity index is 774. The highest BCUT2D eigenvalue weighted by atomic mass is 16.6. The maximum Gasteiger partial charge on any atom is 0.242 e. The fourth-order valence-electron chi connectivity index (χ4n) is 5.07. The molecule has 1 aliphatic carbocycles. The van der Waals surface area contributed by atoms with Crippen molar-refractivity contribution < 1.29 is 9.84 Å². The van der Waals surface area contributed by atoms with Crippen molar-refractivity contribution in [3.63, 3.8) is 0 Å². The van der Waals surface area contributed by atoms with Crippen molar-refractivity contribution in [2.45, 2.75) is 69.9 Å². The molecule has 0 bridgehead atoms. The average Bonchev–Trinajstić information content (AvgIpc) is 3.12. The molecule has 0 amide bonds. The zero-order chi connectivity index (χ0) is 20.2. The first-order valence-electron chi connectivity index (χ1n) is 11.4. The van der Waals surface area contributed by atoms with Gasteiger partial charge in [-0.1, -0.05) is 24.6 Å². The molecule has 1 aliphatic heterocycles. The molecule has 1 N–H and O–H groups in total. The van der Waals surface area contributed by atoms with Crippen LogP contribution in [0.5, 0.6) is 0 Å². The Labute approximate surface area is 175 Å². The fourth-order valence-corrected chi connectivity index (χ4v) is 5.07. The summed E-state index contributed by atoms with van der Waals surface area (Å²) in [6, 6.07) is 9.05. The zero-order valence-electron chi connectivity index (χ0n) is 18.1. The molecule has 5 nitrogen and oxygen atoms in total. The Morgan fingerprint density at radius 2 is 1.79 bits per heavy atom. The second-order valence-corrected chi connectivity index (χ2v) is 9.12. The minimum absolute atomic E-state index is 0.150. The quantitative estimate of drug-likeness (QED) is 0.715. The van der Waals surface area contributed by atoms with Crippen LogP contribution in [0.25, 0.3) is 10.9 Å². The van der Waals surface area contributed by atoms with Gasteiger partial charge in [0.25, 0.3) is 0 Å². The molecule has 5 heteroatoms. The van der Waals surface area contributed by atoms with Gasteiger partial charge in [0.2, 0.25) is 6.41 Å². The summed E-state index contributed by atoms with van der Waals surface area (Å²) in [6.45, 7) is 3.53. The Balaban J connectivity index is 1.38. The van der Waals surface area contributed by atoms with Gasteiger partial charge in [0.1, 0.15) is 0 Å². The van der Waals surface area contributed by atoms with Crippen LogP contribution in [-0.2, 0) is 11.2 Å². The zero-order valence-corrected chi connectivity index (χ0v) is 18.1. The SMILES string of the molecule is CN(C)CCc1cn(C(O)OC2CCC(N3CCCCC3)CC2)c2ccccc12. The van der Waals surface area contributed by atoms with E-state index in [2.05, 4.69) is 48.3 Å². The number of aliphatic hydroxyl groups excluding tert-OH is 1. The van der Waals surface area contributed by atoms with E-state index in [1.807, 2.05) is 10.6 Å². The number of nitrogens with zero attached hydrogens (tertiary/aromatic N) is 3. The third-order valence-corrected chi connectivity index (χ3v) is 6.75. The van der Waals surface area contributed by atoms with Gasteiger partial charge in [-0.05, 0) is 83.8 Å². The number of ether oxygens (including phenoxy) is 1. The molecule has 29 heavy (non-hydrogen) atoms. The van der Waals surface area contributed by atoms with Crippen molar-refractivity contribution in [1.82, 2.24) is 14.4 Å². The number of para-hydroxylation sites is 1. The highest BCUT2D eigenvalue weighted by Crippen LogP contribution is 2.31. The third kappa shape index (κ3) is 5.02. The van der Waals surface area contributed by atoms with Crippen molar-refractivity contribution in [3.05, 3.63) is 36.0 Å². The second kappa shape index (κ2) is 9.61. The highest BCUT2D eigenvalue weighted by Gasteiger charge is 2.28. The van der Waals surface area contributed by atoms with E-state index < -0.39 is 6.41 Å². The first kappa shape index (κ1) is 20.9. The van der Waals surface area contributed by atoms with Gasteiger partial charge in [-0.2, -0.15) is 0 Å². The summed E-state index contributed by atoms with van der Waals surface area (Å²) in [5.74, 6) is 0. The number of piperidine rings is 1. The molecule has 2 aliphatic rings. The predicted molar refractivity (Wildman–Crippen MR) is 118 cm³/mol. The van der Waals surface area contributed by atoms with Crippen LogP contribution in [0.2, 0.25) is 0 Å². The van der Waals surface area contributed by atoms with Crippen LogP contribution in [0.1, 0.15) is 56.9 Å². The Kier molecular flexibility index (Phi) is 6.91. The van der Waals surface area contributed by atoms with E-state index in [1.54, 1.807) is 0 Å². The number of hydrogen-bond donors (Lipinski definition) is 1. The van der Waals surface area contributed by atoms with Crippen LogP contribution >= 0.6 is 0 Å². The smallest absolute Gasteiger partial charge is 0.242 e. The Morgan fingerprint density at radius 1 is 1.07 bits per heavy atom. The maximum absolute atomic E-state index is 10.9. The minimum Gasteiger partial charge on any atom is -0.351 e. The number of likely N-dealkylation sites (tertiary alicyclic amines) is 1. The molecule has 0 radical (unpaired) electrons. The lowest BCUT2D eigenvalue weighted by atomic mass is 9.90. The van der Waals surface area contributed by atoms with Gasteiger partial charge in [0, 0.05) is 24.2 Å². The molecular formula is C24H37N3O2. The molecule has 1 aromatic heterocycles. The van der Waals surface area contributed by atoms with Crippen LogP contribution in [0, 0.1) is 0 Å². The van der Waals surface area contributed by atoms with Gasteiger partial charge in [0.15, 0.2) is 0 Å². The van der Waals surface area contributed by atoms with E-state index in [4.69, 9.17) is 4.74 Å². The van der Waals surface area contributed by atoms with Crippen molar-refractivity contribution in [2.75, 3.05) is 33.7 Å². The van der Waals surface area contributed by atoms with Crippen molar-refractivity contribution in [3.8, 4) is 0 Å². The third-order valence-electron chi connectivity index (χ3n) is 6.75. The highest BCUT2D eigenvalue weighted by molar-refractivity contribution is 5.84. The summed E-state index contributed by atoms with van der Waals surface area (Å²) in [5.41, 5.74) is 2.32. The summed E-state index contributed by atoms with van der Waals surface area (Å²) >= 11 is 0. The molecule has 2 heterocycles. The molecule has 1 saturated heterocycles. The molecular weight excluding hydrogens is 362 g/mol. The summed E-state index contributed by atoms with van der Waals surface area (Å²) in [5, 5.41) is 12.1. The van der Waals surface area contributed by atoms with E-state index >= 15 is 0 Å². The molecule has 1 aromatic carbocycles. The van der Waals surface area contributed by atoms with Crippen molar-refractivity contribution in [2.24, 2.45) is 0 Å². The molecule has 2 fully saturated rings. The first-order valence-corrected chi connectivity index (χ1v) is 11.4. The van der Waals surface area contributed by atoms with Gasteiger partial charge in [-0.25, -0.2) is 0 Å². The van der Waals surface area contributed by atoms with Crippen molar-refractivity contribution >= 4 is 10.9 Å². The van der Waals surface area contributed by atoms with Crippen LogP contribution in [0.4, 0.5) is 0 Å². The van der Waals surface area contributed by atoms with Gasteiger partial charge in [-0.3, -0.25) is 4.57 Å². The van der Waals surface area contributed by atoms with Crippen LogP contribution < -0.4 is 0 Å². The minimum atomic E-state index is -0.912. The lowest BCUT2D eigenvalue weighted by molar-refractivity contribution is -0.190. The van der Waals surface area contributed by atoms with Crippen LogP contribution in [0.3, 0.4) is 0 Å². The number of aliphatic hydroxyl groups is 1. The van der Waals surface area contributed by atoms with E-state index in [1.165, 1.54) is 56.1 Å². The largest absolute Gasteiger partial charge is 0.351 e. The van der Waals surface area contributed by atoms with Crippen molar-refractivity contribution in [1.29, 1.82) is 0 Å². The number of rotatable bonds is 7. The molecule has 1 atom stereocenters. The maximum atomic E-state index is 10.9. The van der Waals surface area contributed by atoms with Gasteiger partial charge in [-0.15, -0.1) is 0 Å². The number of likely N-dealkylation sites (N-methyl/N-ethyl adjacent to an activating group) is 1. The normalized spacial score (nSPS) is 25.0. The summed E-state index contributed by atoms with van der Waals surface area (Å²) < 4.78 is 8.06. The standard InChI is InChI=1S/C24H37N3O2/c1-25(2)17-14-19-18-27(23-9-5-4-8-22(19)23)24(28)29-21-12-10-20(11-13-21)26-15-6-3-7-16-26/h4-5,8-9,18,20-21,24,28H,3,6-7,10-17H2,1-2H3. The number of benzene rings is 1. The van der Waals surface area contributed by atoms with E-state index in [9.17, 15) is 5.11 Å². The number of hydrogen-bond acceptors (Lipinski definition) is 4. The topological polar surface area (TPSA) is 40.9 Å². The Hall–Kier alpha value is -1.40. The average molecular weight is 400 g/mol. The van der Waals surface area contributed by atoms with Gasteiger partial charge in [0.05, 0.1) is 11.6 Å². The molecule has 1 unspecified atom stereocenters. The van der Waals surface area contributed by atoms with E-state index in [0.29, 0.717) is 0 Å². The summed E-state index contributed by atoms with van der Waals surface area (Å²) in [7, 11) is 4.19. The Morgan fingerprint density at radius 3 is 2.52 bits per heavy atom. The fraction of sp³-hybridized carbons (Fsp3) is 0.667. The lowest BCUT2D eigenvalue weighted by Crippen LogP contribution is -2.42. The molecule has 2 aromatic rings. The van der Waals surface area contributed by atoms with Crippen LogP contribution in [-0.4, -0.2) is 65.3 Å². The summed E-state index contributed by atoms with van der Waals surface area (Å²) in [6.07, 6.45) is 10.9. The number of aromatic nitrogens is 1. The van der Waals surface area contributed by atoms with E-state index in [-0.39, 0.29) is 6.10 Å². The second-order valence-electron chi connectivity index (χ2n) is 9.12. The van der Waals surface area contributed by atoms with E-state index in [0.717, 1.165) is 37.4 Å².